The second kappa shape index (κ2) is 6.10. The topological polar surface area (TPSA) is 49.4 Å². The summed E-state index contributed by atoms with van der Waals surface area (Å²) in [6.45, 7) is 0. The van der Waals surface area contributed by atoms with Crippen molar-refractivity contribution in [1.29, 1.82) is 0 Å². The number of benzene rings is 2. The van der Waals surface area contributed by atoms with Crippen molar-refractivity contribution in [3.05, 3.63) is 58.0 Å². The molecule has 1 atom stereocenters. The van der Waals surface area contributed by atoms with E-state index in [4.69, 9.17) is 11.6 Å². The fourth-order valence-electron chi connectivity index (χ4n) is 2.35. The van der Waals surface area contributed by atoms with E-state index >= 15 is 0 Å². The lowest BCUT2D eigenvalue weighted by Crippen LogP contribution is -2.34. The largest absolute Gasteiger partial charge is 0.373 e. The maximum absolute atomic E-state index is 12.5. The van der Waals surface area contributed by atoms with Crippen LogP contribution in [0.3, 0.4) is 0 Å². The maximum Gasteiger partial charge on any atom is 0.256 e. The highest BCUT2D eigenvalue weighted by Gasteiger charge is 2.39. The molecule has 0 saturated carbocycles. The van der Waals surface area contributed by atoms with Crippen LogP contribution in [0.4, 0.5) is 11.4 Å². The van der Waals surface area contributed by atoms with E-state index in [1.807, 2.05) is 24.3 Å². The quantitative estimate of drug-likeness (QED) is 0.824. The lowest BCUT2D eigenvalue weighted by molar-refractivity contribution is -0.121. The predicted molar refractivity (Wildman–Crippen MR) is 90.1 cm³/mol. The molecule has 0 bridgehead atoms. The molecule has 2 aromatic carbocycles. The van der Waals surface area contributed by atoms with Crippen LogP contribution in [0.2, 0.25) is 5.02 Å². The Labute approximate surface area is 141 Å². The van der Waals surface area contributed by atoms with E-state index in [-0.39, 0.29) is 18.2 Å². The highest BCUT2D eigenvalue weighted by Crippen LogP contribution is 2.26. The number of nitrogens with zero attached hydrogens (tertiary/aromatic N) is 1. The normalized spacial score (nSPS) is 17.9. The van der Waals surface area contributed by atoms with Gasteiger partial charge >= 0.3 is 0 Å². The third kappa shape index (κ3) is 3.00. The van der Waals surface area contributed by atoms with E-state index < -0.39 is 6.04 Å². The minimum absolute atomic E-state index is 0.136. The molecule has 1 N–H and O–H groups in total. The number of hydrogen-bond acceptors (Lipinski definition) is 3. The summed E-state index contributed by atoms with van der Waals surface area (Å²) in [4.78, 5) is 25.8. The molecule has 3 rings (SSSR count). The van der Waals surface area contributed by atoms with Crippen LogP contribution in [-0.4, -0.2) is 17.9 Å². The summed E-state index contributed by atoms with van der Waals surface area (Å²) in [6, 6.07) is 13.6. The number of imide groups is 1. The first-order valence-corrected chi connectivity index (χ1v) is 7.86. The van der Waals surface area contributed by atoms with Crippen LogP contribution in [0.5, 0.6) is 0 Å². The minimum atomic E-state index is -0.552. The van der Waals surface area contributed by atoms with Gasteiger partial charge in [-0.2, -0.15) is 0 Å². The van der Waals surface area contributed by atoms with Crippen molar-refractivity contribution in [2.45, 2.75) is 12.5 Å². The Kier molecular flexibility index (Phi) is 4.18. The highest BCUT2D eigenvalue weighted by atomic mass is 79.9. The van der Waals surface area contributed by atoms with Gasteiger partial charge in [0.05, 0.1) is 12.1 Å². The summed E-state index contributed by atoms with van der Waals surface area (Å²) >= 11 is 9.19. The zero-order valence-electron chi connectivity index (χ0n) is 11.4. The second-order valence-corrected chi connectivity index (χ2v) is 6.30. The van der Waals surface area contributed by atoms with Crippen molar-refractivity contribution in [2.24, 2.45) is 0 Å². The van der Waals surface area contributed by atoms with Gasteiger partial charge in [0.25, 0.3) is 5.91 Å². The lowest BCUT2D eigenvalue weighted by atomic mass is 10.2. The zero-order valence-corrected chi connectivity index (χ0v) is 13.8. The molecule has 1 heterocycles. The predicted octanol–water partition coefficient (Wildman–Crippen LogP) is 3.85. The first-order chi connectivity index (χ1) is 10.5. The molecule has 1 fully saturated rings. The molecule has 22 heavy (non-hydrogen) atoms. The van der Waals surface area contributed by atoms with Crippen molar-refractivity contribution >= 4 is 50.7 Å². The molecule has 1 saturated heterocycles. The van der Waals surface area contributed by atoms with Crippen LogP contribution in [-0.2, 0) is 9.59 Å². The van der Waals surface area contributed by atoms with Crippen molar-refractivity contribution in [1.82, 2.24) is 0 Å². The Morgan fingerprint density at radius 3 is 2.32 bits per heavy atom. The molecule has 0 radical (unpaired) electrons. The van der Waals surface area contributed by atoms with E-state index in [1.54, 1.807) is 24.3 Å². The molecule has 1 aliphatic heterocycles. The molecule has 0 aromatic heterocycles. The van der Waals surface area contributed by atoms with Crippen LogP contribution < -0.4 is 10.2 Å². The Bertz CT molecular complexity index is 716. The Hall–Kier alpha value is -1.85. The Morgan fingerprint density at radius 2 is 1.68 bits per heavy atom. The van der Waals surface area contributed by atoms with Gasteiger partial charge in [0.2, 0.25) is 5.91 Å². The lowest BCUT2D eigenvalue weighted by Gasteiger charge is -2.16. The average Bonchev–Trinajstić information content (AvgIpc) is 2.77. The number of carbonyl (C=O) groups is 2. The van der Waals surface area contributed by atoms with Gasteiger partial charge in [-0.05, 0) is 48.5 Å². The van der Waals surface area contributed by atoms with E-state index in [0.717, 1.165) is 10.2 Å². The summed E-state index contributed by atoms with van der Waals surface area (Å²) in [5.74, 6) is -0.475. The van der Waals surface area contributed by atoms with Crippen LogP contribution >= 0.6 is 27.5 Å². The van der Waals surface area contributed by atoms with Gasteiger partial charge in [-0.3, -0.25) is 9.59 Å². The average molecular weight is 380 g/mol. The smallest absolute Gasteiger partial charge is 0.256 e. The van der Waals surface area contributed by atoms with Gasteiger partial charge in [-0.1, -0.05) is 27.5 Å². The molecule has 6 heteroatoms. The zero-order chi connectivity index (χ0) is 15.7. The summed E-state index contributed by atoms with van der Waals surface area (Å²) in [7, 11) is 0. The molecule has 0 unspecified atom stereocenters. The monoisotopic (exact) mass is 378 g/mol. The molecular formula is C16H12BrClN2O2. The van der Waals surface area contributed by atoms with E-state index in [2.05, 4.69) is 21.2 Å². The minimum Gasteiger partial charge on any atom is -0.373 e. The van der Waals surface area contributed by atoms with Crippen molar-refractivity contribution in [3.8, 4) is 0 Å². The fourth-order valence-corrected chi connectivity index (χ4v) is 2.74. The number of anilines is 2. The molecule has 0 spiro atoms. The number of hydrogen-bond donors (Lipinski definition) is 1. The first kappa shape index (κ1) is 15.1. The van der Waals surface area contributed by atoms with Gasteiger partial charge in [-0.25, -0.2) is 4.90 Å². The number of rotatable bonds is 3. The van der Waals surface area contributed by atoms with Gasteiger partial charge in [-0.15, -0.1) is 0 Å². The van der Waals surface area contributed by atoms with E-state index in [1.165, 1.54) is 4.90 Å². The second-order valence-electron chi connectivity index (χ2n) is 4.95. The number of nitrogens with one attached hydrogen (secondary N) is 1. The Morgan fingerprint density at radius 1 is 1.05 bits per heavy atom. The molecule has 2 aromatic rings. The summed E-state index contributed by atoms with van der Waals surface area (Å²) < 4.78 is 0.953. The molecule has 2 amide bonds. The Balaban J connectivity index is 1.79. The third-order valence-electron chi connectivity index (χ3n) is 3.42. The maximum atomic E-state index is 12.5. The van der Waals surface area contributed by atoms with Crippen LogP contribution in [0.1, 0.15) is 6.42 Å². The van der Waals surface area contributed by atoms with Gasteiger partial charge in [0.1, 0.15) is 6.04 Å². The van der Waals surface area contributed by atoms with Crippen LogP contribution in [0, 0.1) is 0 Å². The SMILES string of the molecule is O=C1C[C@@H](Nc2ccc(Br)cc2)C(=O)N1c1ccc(Cl)cc1. The molecule has 1 aliphatic rings. The number of halogens is 2. The summed E-state index contributed by atoms with van der Waals surface area (Å²) in [5.41, 5.74) is 1.34. The molecule has 112 valence electrons. The van der Waals surface area contributed by atoms with E-state index in [9.17, 15) is 9.59 Å². The van der Waals surface area contributed by atoms with Gasteiger partial charge in [0, 0.05) is 15.2 Å². The van der Waals surface area contributed by atoms with Crippen molar-refractivity contribution in [3.63, 3.8) is 0 Å². The van der Waals surface area contributed by atoms with Crippen molar-refractivity contribution < 1.29 is 9.59 Å². The molecule has 4 nitrogen and oxygen atoms in total. The number of carbonyl (C=O) groups excluding carboxylic acids is 2. The standard InChI is InChI=1S/C16H12BrClN2O2/c17-10-1-5-12(6-2-10)19-14-9-15(21)20(16(14)22)13-7-3-11(18)4-8-13/h1-8,14,19H,9H2/t14-/m1/s1. The number of amides is 2. The first-order valence-electron chi connectivity index (χ1n) is 6.69. The highest BCUT2D eigenvalue weighted by molar-refractivity contribution is 9.10. The van der Waals surface area contributed by atoms with Crippen LogP contribution in [0.25, 0.3) is 0 Å². The van der Waals surface area contributed by atoms with Crippen molar-refractivity contribution in [2.75, 3.05) is 10.2 Å². The fraction of sp³-hybridized carbons (Fsp3) is 0.125. The van der Waals surface area contributed by atoms with Crippen LogP contribution in [0.15, 0.2) is 53.0 Å². The molecule has 0 aliphatic carbocycles. The van der Waals surface area contributed by atoms with Gasteiger partial charge in [0.15, 0.2) is 0 Å². The summed E-state index contributed by atoms with van der Waals surface area (Å²) in [5, 5.41) is 3.66. The summed E-state index contributed by atoms with van der Waals surface area (Å²) in [6.07, 6.45) is 0.136. The third-order valence-corrected chi connectivity index (χ3v) is 4.20. The molecular weight excluding hydrogens is 368 g/mol. The van der Waals surface area contributed by atoms with Gasteiger partial charge < -0.3 is 5.32 Å². The van der Waals surface area contributed by atoms with E-state index in [0.29, 0.717) is 10.7 Å².